The first-order valence-corrected chi connectivity index (χ1v) is 5.61. The van der Waals surface area contributed by atoms with E-state index in [4.69, 9.17) is 22.2 Å². The molecule has 0 atom stereocenters. The molecule has 0 fully saturated rings. The highest BCUT2D eigenvalue weighted by Gasteiger charge is 2.08. The molecule has 0 bridgehead atoms. The quantitative estimate of drug-likeness (QED) is 0.590. The summed E-state index contributed by atoms with van der Waals surface area (Å²) < 4.78 is 18.6. The molecule has 0 aliphatic heterocycles. The lowest BCUT2D eigenvalue weighted by Crippen LogP contribution is -2.12. The molecule has 0 saturated heterocycles. The van der Waals surface area contributed by atoms with Crippen molar-refractivity contribution < 1.29 is 9.13 Å². The van der Waals surface area contributed by atoms with Crippen molar-refractivity contribution in [2.75, 3.05) is 17.9 Å². The molecular weight excluding hydrogens is 273 g/mol. The molecule has 1 aromatic heterocycles. The van der Waals surface area contributed by atoms with Crippen molar-refractivity contribution in [1.29, 1.82) is 0 Å². The monoisotopic (exact) mass is 283 g/mol. The fraction of sp³-hybridized carbons (Fsp3) is 0.0909. The van der Waals surface area contributed by atoms with Gasteiger partial charge < -0.3 is 10.1 Å². The van der Waals surface area contributed by atoms with E-state index in [0.717, 1.165) is 6.20 Å². The third-order valence-electron chi connectivity index (χ3n) is 2.29. The minimum absolute atomic E-state index is 0.00711. The predicted octanol–water partition coefficient (Wildman–Crippen LogP) is 2.31. The first-order chi connectivity index (χ1) is 9.13. The van der Waals surface area contributed by atoms with E-state index in [2.05, 4.69) is 20.7 Å². The van der Waals surface area contributed by atoms with Crippen LogP contribution in [0.25, 0.3) is 0 Å². The average Bonchev–Trinajstić information content (AvgIpc) is 2.43. The van der Waals surface area contributed by atoms with Crippen molar-refractivity contribution in [3.8, 4) is 5.75 Å². The molecule has 1 aromatic carbocycles. The lowest BCUT2D eigenvalue weighted by atomic mass is 10.3. The summed E-state index contributed by atoms with van der Waals surface area (Å²) in [5.74, 6) is 5.13. The van der Waals surface area contributed by atoms with Gasteiger partial charge >= 0.3 is 0 Å². The van der Waals surface area contributed by atoms with Crippen LogP contribution in [0.4, 0.5) is 21.8 Å². The summed E-state index contributed by atoms with van der Waals surface area (Å²) >= 11 is 5.90. The summed E-state index contributed by atoms with van der Waals surface area (Å²) in [7, 11) is 1.49. The third-order valence-corrected chi connectivity index (χ3v) is 2.60. The minimum Gasteiger partial charge on any atom is -0.495 e. The second-order valence-electron chi connectivity index (χ2n) is 3.51. The number of hydrogen-bond donors (Lipinski definition) is 3. The van der Waals surface area contributed by atoms with Crippen LogP contribution in [0.3, 0.4) is 0 Å². The normalized spacial score (nSPS) is 10.1. The van der Waals surface area contributed by atoms with E-state index < -0.39 is 5.82 Å². The average molecular weight is 284 g/mol. The summed E-state index contributed by atoms with van der Waals surface area (Å²) in [6.07, 6.45) is 1.01. The Bertz CT molecular complexity index is 595. The Balaban J connectivity index is 2.30. The van der Waals surface area contributed by atoms with Crippen LogP contribution < -0.4 is 21.3 Å². The van der Waals surface area contributed by atoms with Gasteiger partial charge in [-0.25, -0.2) is 15.2 Å². The van der Waals surface area contributed by atoms with E-state index in [1.807, 2.05) is 0 Å². The SMILES string of the molecule is COc1cc(Nc2nc(NN)ncc2F)ccc1Cl. The van der Waals surface area contributed by atoms with Crippen LogP contribution in [0.5, 0.6) is 5.75 Å². The van der Waals surface area contributed by atoms with Gasteiger partial charge in [0.2, 0.25) is 5.95 Å². The van der Waals surface area contributed by atoms with Crippen LogP contribution in [0.1, 0.15) is 0 Å². The lowest BCUT2D eigenvalue weighted by Gasteiger charge is -2.10. The van der Waals surface area contributed by atoms with E-state index in [-0.39, 0.29) is 11.8 Å². The number of methoxy groups -OCH3 is 1. The first kappa shape index (κ1) is 13.3. The molecule has 19 heavy (non-hydrogen) atoms. The molecule has 0 aliphatic carbocycles. The highest BCUT2D eigenvalue weighted by molar-refractivity contribution is 6.32. The largest absolute Gasteiger partial charge is 0.495 e. The maximum absolute atomic E-state index is 13.5. The molecule has 0 radical (unpaired) electrons. The summed E-state index contributed by atoms with van der Waals surface area (Å²) in [6, 6.07) is 4.92. The molecule has 0 spiro atoms. The van der Waals surface area contributed by atoms with Gasteiger partial charge in [0.05, 0.1) is 18.3 Å². The van der Waals surface area contributed by atoms with Gasteiger partial charge in [-0.1, -0.05) is 11.6 Å². The smallest absolute Gasteiger partial charge is 0.239 e. The molecule has 0 unspecified atom stereocenters. The number of nitrogen functional groups attached to an aromatic ring is 1. The topological polar surface area (TPSA) is 85.1 Å². The van der Waals surface area contributed by atoms with Crippen molar-refractivity contribution in [3.63, 3.8) is 0 Å². The number of hydrogen-bond acceptors (Lipinski definition) is 6. The summed E-state index contributed by atoms with van der Waals surface area (Å²) in [5.41, 5.74) is 2.81. The Morgan fingerprint density at radius 1 is 1.42 bits per heavy atom. The van der Waals surface area contributed by atoms with Crippen LogP contribution in [-0.2, 0) is 0 Å². The van der Waals surface area contributed by atoms with E-state index >= 15 is 0 Å². The predicted molar refractivity (Wildman–Crippen MR) is 71.1 cm³/mol. The van der Waals surface area contributed by atoms with E-state index in [1.54, 1.807) is 18.2 Å². The fourth-order valence-corrected chi connectivity index (χ4v) is 1.59. The Morgan fingerprint density at radius 2 is 2.21 bits per heavy atom. The highest BCUT2D eigenvalue weighted by atomic mass is 35.5. The molecule has 0 amide bonds. The summed E-state index contributed by atoms with van der Waals surface area (Å²) in [5, 5.41) is 3.25. The molecule has 1 heterocycles. The molecular formula is C11H11ClFN5O. The second-order valence-corrected chi connectivity index (χ2v) is 3.92. The Morgan fingerprint density at radius 3 is 2.89 bits per heavy atom. The minimum atomic E-state index is -0.604. The molecule has 8 heteroatoms. The molecule has 2 rings (SSSR count). The zero-order valence-electron chi connectivity index (χ0n) is 9.95. The van der Waals surface area contributed by atoms with Crippen molar-refractivity contribution in [1.82, 2.24) is 9.97 Å². The number of anilines is 3. The Kier molecular flexibility index (Phi) is 3.98. The van der Waals surface area contributed by atoms with Crippen LogP contribution in [0, 0.1) is 5.82 Å². The van der Waals surface area contributed by atoms with Gasteiger partial charge in [-0.15, -0.1) is 0 Å². The molecule has 0 aliphatic rings. The van der Waals surface area contributed by atoms with Crippen LogP contribution in [0.2, 0.25) is 5.02 Å². The zero-order chi connectivity index (χ0) is 13.8. The van der Waals surface area contributed by atoms with Gasteiger partial charge in [0.1, 0.15) is 5.75 Å². The van der Waals surface area contributed by atoms with E-state index in [1.165, 1.54) is 7.11 Å². The van der Waals surface area contributed by atoms with E-state index in [0.29, 0.717) is 16.5 Å². The first-order valence-electron chi connectivity index (χ1n) is 5.23. The summed E-state index contributed by atoms with van der Waals surface area (Å²) in [4.78, 5) is 7.50. The number of aromatic nitrogens is 2. The number of nitrogens with one attached hydrogen (secondary N) is 2. The molecule has 0 saturated carbocycles. The standard InChI is InChI=1S/C11H11ClFN5O/c1-19-9-4-6(2-3-7(9)12)16-10-8(13)5-15-11(17-10)18-14/h2-5H,14H2,1H3,(H2,15,16,17,18). The lowest BCUT2D eigenvalue weighted by molar-refractivity contribution is 0.415. The maximum Gasteiger partial charge on any atom is 0.239 e. The Labute approximate surface area is 113 Å². The van der Waals surface area contributed by atoms with Crippen LogP contribution in [0.15, 0.2) is 24.4 Å². The number of ether oxygens (including phenoxy) is 1. The van der Waals surface area contributed by atoms with Crippen LogP contribution in [-0.4, -0.2) is 17.1 Å². The number of nitrogens with zero attached hydrogens (tertiary/aromatic N) is 2. The van der Waals surface area contributed by atoms with Crippen molar-refractivity contribution in [3.05, 3.63) is 35.2 Å². The van der Waals surface area contributed by atoms with E-state index in [9.17, 15) is 4.39 Å². The summed E-state index contributed by atoms with van der Waals surface area (Å²) in [6.45, 7) is 0. The molecule has 6 nitrogen and oxygen atoms in total. The van der Waals surface area contributed by atoms with Crippen molar-refractivity contribution in [2.45, 2.75) is 0 Å². The number of hydrazine groups is 1. The number of benzene rings is 1. The molecule has 2 aromatic rings. The van der Waals surface area contributed by atoms with Gasteiger partial charge in [0.15, 0.2) is 11.6 Å². The second kappa shape index (κ2) is 5.68. The fourth-order valence-electron chi connectivity index (χ4n) is 1.40. The number of halogens is 2. The van der Waals surface area contributed by atoms with Gasteiger partial charge in [0, 0.05) is 11.8 Å². The van der Waals surface area contributed by atoms with Gasteiger partial charge in [-0.2, -0.15) is 4.98 Å². The number of rotatable bonds is 4. The number of nitrogens with two attached hydrogens (primary N) is 1. The van der Waals surface area contributed by atoms with Crippen molar-refractivity contribution in [2.24, 2.45) is 5.84 Å². The van der Waals surface area contributed by atoms with Gasteiger partial charge in [0.25, 0.3) is 0 Å². The van der Waals surface area contributed by atoms with Crippen molar-refractivity contribution >= 4 is 29.1 Å². The van der Waals surface area contributed by atoms with Gasteiger partial charge in [-0.05, 0) is 12.1 Å². The Hall–Kier alpha value is -2.12. The van der Waals surface area contributed by atoms with Crippen LogP contribution >= 0.6 is 11.6 Å². The zero-order valence-corrected chi connectivity index (χ0v) is 10.7. The maximum atomic E-state index is 13.5. The molecule has 4 N–H and O–H groups in total. The van der Waals surface area contributed by atoms with Gasteiger partial charge in [-0.3, -0.25) is 5.43 Å². The molecule has 100 valence electrons. The third kappa shape index (κ3) is 3.01. The highest BCUT2D eigenvalue weighted by Crippen LogP contribution is 2.29.